The molecule has 1 aromatic carbocycles. The highest BCUT2D eigenvalue weighted by Gasteiger charge is 2.36. The normalized spacial score (nSPS) is 25.2. The van der Waals surface area contributed by atoms with E-state index < -0.39 is 0 Å². The van der Waals surface area contributed by atoms with E-state index in [1.165, 1.54) is 19.0 Å². The van der Waals surface area contributed by atoms with E-state index in [0.717, 1.165) is 18.4 Å². The van der Waals surface area contributed by atoms with Crippen molar-refractivity contribution in [1.29, 1.82) is 0 Å². The first-order chi connectivity index (χ1) is 12.1. The van der Waals surface area contributed by atoms with Crippen LogP contribution in [0.3, 0.4) is 0 Å². The average Bonchev–Trinajstić information content (AvgIpc) is 2.98. The van der Waals surface area contributed by atoms with E-state index in [0.29, 0.717) is 36.5 Å². The predicted molar refractivity (Wildman–Crippen MR) is 96.4 cm³/mol. The van der Waals surface area contributed by atoms with Gasteiger partial charge in [-0.3, -0.25) is 14.3 Å². The van der Waals surface area contributed by atoms with Crippen molar-refractivity contribution >= 4 is 16.8 Å². The van der Waals surface area contributed by atoms with Crippen molar-refractivity contribution in [3.63, 3.8) is 0 Å². The van der Waals surface area contributed by atoms with Gasteiger partial charge in [0.1, 0.15) is 0 Å². The number of hydrogen-bond acceptors (Lipinski definition) is 4. The Labute approximate surface area is 146 Å². The number of rotatable bonds is 4. The third kappa shape index (κ3) is 3.18. The molecular formula is C19H24N4O2. The number of aromatic nitrogens is 2. The van der Waals surface area contributed by atoms with E-state index in [1.807, 2.05) is 30.1 Å². The molecule has 0 spiro atoms. The van der Waals surface area contributed by atoms with E-state index in [1.54, 1.807) is 10.7 Å². The van der Waals surface area contributed by atoms with E-state index in [9.17, 15) is 9.59 Å². The number of carbonyl (C=O) groups is 1. The van der Waals surface area contributed by atoms with Gasteiger partial charge in [0.15, 0.2) is 0 Å². The topological polar surface area (TPSA) is 67.2 Å². The molecule has 4 rings (SSSR count). The molecule has 0 saturated carbocycles. The van der Waals surface area contributed by atoms with Crippen molar-refractivity contribution in [3.8, 4) is 0 Å². The maximum atomic E-state index is 12.7. The van der Waals surface area contributed by atoms with Crippen LogP contribution in [0.5, 0.6) is 0 Å². The van der Waals surface area contributed by atoms with Gasteiger partial charge in [0, 0.05) is 37.0 Å². The van der Waals surface area contributed by atoms with Crippen LogP contribution in [0.15, 0.2) is 35.3 Å². The maximum absolute atomic E-state index is 12.7. The summed E-state index contributed by atoms with van der Waals surface area (Å²) in [6, 6.07) is 8.89. The number of hydrogen-bond donors (Lipinski definition) is 1. The Balaban J connectivity index is 1.44. The van der Waals surface area contributed by atoms with Crippen molar-refractivity contribution in [2.45, 2.75) is 56.8 Å². The lowest BCUT2D eigenvalue weighted by molar-refractivity contribution is -0.132. The van der Waals surface area contributed by atoms with Gasteiger partial charge in [0.25, 0.3) is 0 Å². The van der Waals surface area contributed by atoms with Gasteiger partial charge in [-0.1, -0.05) is 12.1 Å². The molecule has 0 aliphatic carbocycles. The molecule has 2 aromatic rings. The Kier molecular flexibility index (Phi) is 4.29. The van der Waals surface area contributed by atoms with Crippen LogP contribution in [-0.2, 0) is 11.3 Å². The third-order valence-corrected chi connectivity index (χ3v) is 5.69. The van der Waals surface area contributed by atoms with Gasteiger partial charge >= 0.3 is 0 Å². The molecule has 6 nitrogen and oxygen atoms in total. The molecule has 6 heteroatoms. The van der Waals surface area contributed by atoms with Gasteiger partial charge in [-0.15, -0.1) is 0 Å². The lowest BCUT2D eigenvalue weighted by atomic mass is 9.98. The summed E-state index contributed by atoms with van der Waals surface area (Å²) in [6.07, 6.45) is 6.31. The Morgan fingerprint density at radius 3 is 2.76 bits per heavy atom. The molecule has 2 unspecified atom stereocenters. The van der Waals surface area contributed by atoms with Gasteiger partial charge in [-0.05, 0) is 37.8 Å². The van der Waals surface area contributed by atoms with Crippen LogP contribution in [0.1, 0.15) is 32.1 Å². The molecule has 2 bridgehead atoms. The van der Waals surface area contributed by atoms with Crippen molar-refractivity contribution < 1.29 is 4.79 Å². The zero-order chi connectivity index (χ0) is 17.4. The number of amides is 1. The number of benzene rings is 1. The molecule has 132 valence electrons. The van der Waals surface area contributed by atoms with Crippen LogP contribution in [0, 0.1) is 0 Å². The number of para-hydroxylation sites is 1. The summed E-state index contributed by atoms with van der Waals surface area (Å²) in [7, 11) is 1.93. The molecule has 25 heavy (non-hydrogen) atoms. The second-order valence-electron chi connectivity index (χ2n) is 7.27. The Morgan fingerprint density at radius 2 is 2.00 bits per heavy atom. The number of carbonyl (C=O) groups excluding carboxylic acids is 1. The minimum atomic E-state index is -0.0829. The van der Waals surface area contributed by atoms with Gasteiger partial charge < -0.3 is 10.2 Å². The molecule has 1 amide bonds. The first-order valence-corrected chi connectivity index (χ1v) is 9.08. The molecule has 2 saturated heterocycles. The lowest BCUT2D eigenvalue weighted by Crippen LogP contribution is -2.48. The second kappa shape index (κ2) is 6.59. The highest BCUT2D eigenvalue weighted by Crippen LogP contribution is 2.29. The molecule has 1 N–H and O–H groups in total. The fourth-order valence-electron chi connectivity index (χ4n) is 4.26. The molecular weight excluding hydrogens is 316 g/mol. The highest BCUT2D eigenvalue weighted by atomic mass is 16.2. The number of piperidine rings is 1. The first-order valence-electron chi connectivity index (χ1n) is 9.08. The molecule has 2 aliphatic heterocycles. The fourth-order valence-corrected chi connectivity index (χ4v) is 4.26. The SMILES string of the molecule is CN(C(=O)CCn1ncc(=O)c2ccccc21)C1CC2CCC(C1)N2. The minimum Gasteiger partial charge on any atom is -0.343 e. The first kappa shape index (κ1) is 16.3. The van der Waals surface area contributed by atoms with Gasteiger partial charge in [-0.25, -0.2) is 0 Å². The third-order valence-electron chi connectivity index (χ3n) is 5.69. The molecule has 3 heterocycles. The summed E-state index contributed by atoms with van der Waals surface area (Å²) in [5, 5.41) is 8.47. The number of aryl methyl sites for hydroxylation is 1. The molecule has 2 fully saturated rings. The van der Waals surface area contributed by atoms with Gasteiger partial charge in [0.2, 0.25) is 11.3 Å². The van der Waals surface area contributed by atoms with Crippen molar-refractivity contribution in [3.05, 3.63) is 40.7 Å². The van der Waals surface area contributed by atoms with E-state index in [2.05, 4.69) is 10.4 Å². The zero-order valence-electron chi connectivity index (χ0n) is 14.5. The summed E-state index contributed by atoms with van der Waals surface area (Å²) in [4.78, 5) is 26.5. The minimum absolute atomic E-state index is 0.0829. The maximum Gasteiger partial charge on any atom is 0.224 e. The molecule has 2 atom stereocenters. The van der Waals surface area contributed by atoms with Gasteiger partial charge in [0.05, 0.1) is 18.3 Å². The molecule has 2 aliphatic rings. The van der Waals surface area contributed by atoms with Crippen LogP contribution < -0.4 is 10.7 Å². The Morgan fingerprint density at radius 1 is 1.28 bits per heavy atom. The van der Waals surface area contributed by atoms with Crippen LogP contribution in [0.2, 0.25) is 0 Å². The van der Waals surface area contributed by atoms with Crippen LogP contribution >= 0.6 is 0 Å². The van der Waals surface area contributed by atoms with E-state index >= 15 is 0 Å². The summed E-state index contributed by atoms with van der Waals surface area (Å²) in [5.41, 5.74) is 0.700. The number of fused-ring (bicyclic) bond motifs is 3. The van der Waals surface area contributed by atoms with Crippen molar-refractivity contribution in [2.75, 3.05) is 7.05 Å². The van der Waals surface area contributed by atoms with Crippen molar-refractivity contribution in [1.82, 2.24) is 20.0 Å². The van der Waals surface area contributed by atoms with E-state index in [4.69, 9.17) is 0 Å². The Hall–Kier alpha value is -2.21. The standard InChI is InChI=1S/C19H24N4O2/c1-22(15-10-13-6-7-14(11-15)21-13)19(25)8-9-23-17-5-3-2-4-16(17)18(24)12-20-23/h2-5,12-15,21H,6-11H2,1H3. The quantitative estimate of drug-likeness (QED) is 0.916. The fraction of sp³-hybridized carbons (Fsp3) is 0.526. The smallest absolute Gasteiger partial charge is 0.224 e. The van der Waals surface area contributed by atoms with Crippen LogP contribution in [0.4, 0.5) is 0 Å². The van der Waals surface area contributed by atoms with Crippen LogP contribution in [-0.4, -0.2) is 45.8 Å². The molecule has 0 radical (unpaired) electrons. The molecule has 1 aromatic heterocycles. The number of nitrogens with zero attached hydrogens (tertiary/aromatic N) is 3. The second-order valence-corrected chi connectivity index (χ2v) is 7.27. The predicted octanol–water partition coefficient (Wildman–Crippen LogP) is 1.53. The summed E-state index contributed by atoms with van der Waals surface area (Å²) in [5.74, 6) is 0.149. The van der Waals surface area contributed by atoms with Crippen molar-refractivity contribution in [2.24, 2.45) is 0 Å². The average molecular weight is 340 g/mol. The summed E-state index contributed by atoms with van der Waals surface area (Å²) >= 11 is 0. The van der Waals surface area contributed by atoms with Gasteiger partial charge in [-0.2, -0.15) is 5.10 Å². The van der Waals surface area contributed by atoms with Crippen LogP contribution in [0.25, 0.3) is 10.9 Å². The number of nitrogens with one attached hydrogen (secondary N) is 1. The highest BCUT2D eigenvalue weighted by molar-refractivity contribution is 5.79. The monoisotopic (exact) mass is 340 g/mol. The largest absolute Gasteiger partial charge is 0.343 e. The summed E-state index contributed by atoms with van der Waals surface area (Å²) in [6.45, 7) is 0.488. The van der Waals surface area contributed by atoms with E-state index in [-0.39, 0.29) is 11.3 Å². The zero-order valence-corrected chi connectivity index (χ0v) is 14.5. The Bertz CT molecular complexity index is 835. The lowest BCUT2D eigenvalue weighted by Gasteiger charge is -2.35. The summed E-state index contributed by atoms with van der Waals surface area (Å²) < 4.78 is 1.76.